The Labute approximate surface area is 91.5 Å². The summed E-state index contributed by atoms with van der Waals surface area (Å²) in [5, 5.41) is 0. The summed E-state index contributed by atoms with van der Waals surface area (Å²) >= 11 is 0. The van der Waals surface area contributed by atoms with E-state index in [0.29, 0.717) is 12.3 Å². The normalized spacial score (nSPS) is 15.2. The first-order valence-electron chi connectivity index (χ1n) is 3.91. The van der Waals surface area contributed by atoms with Crippen molar-refractivity contribution in [2.24, 2.45) is 0 Å². The average molecular weight is 186 g/mol. The summed E-state index contributed by atoms with van der Waals surface area (Å²) < 4.78 is 11.0. The van der Waals surface area contributed by atoms with Crippen LogP contribution in [0.15, 0.2) is 0 Å². The van der Waals surface area contributed by atoms with Crippen molar-refractivity contribution in [2.75, 3.05) is 12.3 Å². The Morgan fingerprint density at radius 2 is 1.73 bits per heavy atom. The Kier molecular flexibility index (Phi) is 10.4. The van der Waals surface area contributed by atoms with Crippen LogP contribution in [0.2, 0.25) is 0 Å². The van der Waals surface area contributed by atoms with E-state index in [1.807, 2.05) is 13.8 Å². The maximum absolute atomic E-state index is 11.0. The van der Waals surface area contributed by atoms with Gasteiger partial charge in [-0.3, -0.25) is 0 Å². The van der Waals surface area contributed by atoms with Crippen LogP contribution < -0.4 is 34.5 Å². The quantitative estimate of drug-likeness (QED) is 0.401. The first-order chi connectivity index (χ1) is 4.62. The largest absolute Gasteiger partial charge is 1.00 e. The zero-order valence-electron chi connectivity index (χ0n) is 7.80. The minimum absolute atomic E-state index is 0. The van der Waals surface area contributed by atoms with Gasteiger partial charge < -0.3 is 9.46 Å². The van der Waals surface area contributed by atoms with Gasteiger partial charge in [0.1, 0.15) is 0 Å². The minimum Gasteiger partial charge on any atom is -0.799 e. The third-order valence-corrected chi connectivity index (χ3v) is 3.54. The van der Waals surface area contributed by atoms with Crippen LogP contribution in [0.25, 0.3) is 0 Å². The SMILES string of the molecule is CCCCP(=O)([O-])CCC.[Na+]. The number of hydrogen-bond donors (Lipinski definition) is 0. The van der Waals surface area contributed by atoms with E-state index in [4.69, 9.17) is 0 Å². The Hall–Kier alpha value is 1.19. The van der Waals surface area contributed by atoms with Gasteiger partial charge in [-0.15, -0.1) is 0 Å². The molecule has 0 fully saturated rings. The van der Waals surface area contributed by atoms with Gasteiger partial charge in [0.05, 0.1) is 0 Å². The molecule has 11 heavy (non-hydrogen) atoms. The van der Waals surface area contributed by atoms with E-state index in [1.165, 1.54) is 0 Å². The molecule has 62 valence electrons. The molecule has 1 atom stereocenters. The van der Waals surface area contributed by atoms with E-state index in [2.05, 4.69) is 0 Å². The van der Waals surface area contributed by atoms with Crippen molar-refractivity contribution in [3.63, 3.8) is 0 Å². The molecule has 0 aliphatic heterocycles. The van der Waals surface area contributed by atoms with E-state index in [-0.39, 0.29) is 29.6 Å². The van der Waals surface area contributed by atoms with Gasteiger partial charge in [-0.1, -0.05) is 26.7 Å². The van der Waals surface area contributed by atoms with E-state index in [0.717, 1.165) is 19.3 Å². The van der Waals surface area contributed by atoms with Crippen LogP contribution in [-0.2, 0) is 4.57 Å². The van der Waals surface area contributed by atoms with Crippen molar-refractivity contribution in [3.8, 4) is 0 Å². The Morgan fingerprint density at radius 3 is 2.09 bits per heavy atom. The fraction of sp³-hybridized carbons (Fsp3) is 1.00. The molecule has 0 heterocycles. The van der Waals surface area contributed by atoms with E-state index in [1.54, 1.807) is 0 Å². The molecule has 0 aromatic rings. The molecule has 0 bridgehead atoms. The smallest absolute Gasteiger partial charge is 0.799 e. The van der Waals surface area contributed by atoms with E-state index in [9.17, 15) is 9.46 Å². The van der Waals surface area contributed by atoms with Crippen LogP contribution in [0, 0.1) is 0 Å². The molecule has 0 N–H and O–H groups in total. The Morgan fingerprint density at radius 1 is 1.18 bits per heavy atom. The summed E-state index contributed by atoms with van der Waals surface area (Å²) in [4.78, 5) is 11.0. The second-order valence-corrected chi connectivity index (χ2v) is 5.14. The molecule has 0 amide bonds. The van der Waals surface area contributed by atoms with Crippen molar-refractivity contribution in [2.45, 2.75) is 33.1 Å². The third-order valence-electron chi connectivity index (χ3n) is 1.42. The van der Waals surface area contributed by atoms with E-state index < -0.39 is 7.37 Å². The topological polar surface area (TPSA) is 40.1 Å². The molecule has 4 heteroatoms. The summed E-state index contributed by atoms with van der Waals surface area (Å²) in [7, 11) is -2.96. The second kappa shape index (κ2) is 7.82. The Balaban J connectivity index is 0. The van der Waals surface area contributed by atoms with Crippen molar-refractivity contribution in [3.05, 3.63) is 0 Å². The first kappa shape index (κ1) is 14.7. The number of hydrogen-bond acceptors (Lipinski definition) is 2. The predicted molar refractivity (Wildman–Crippen MR) is 42.5 cm³/mol. The van der Waals surface area contributed by atoms with Crippen LogP contribution in [0.1, 0.15) is 33.1 Å². The number of rotatable bonds is 5. The molecule has 0 aromatic carbocycles. The molecular formula is C7H16NaO2P. The van der Waals surface area contributed by atoms with Gasteiger partial charge in [-0.05, 0) is 18.7 Å². The molecule has 0 aliphatic carbocycles. The zero-order valence-corrected chi connectivity index (χ0v) is 10.7. The van der Waals surface area contributed by atoms with Gasteiger partial charge in [0, 0.05) is 7.37 Å². The fourth-order valence-corrected chi connectivity index (χ4v) is 2.55. The fourth-order valence-electron chi connectivity index (χ4n) is 0.852. The molecule has 2 nitrogen and oxygen atoms in total. The summed E-state index contributed by atoms with van der Waals surface area (Å²) in [5.74, 6) is 0. The van der Waals surface area contributed by atoms with E-state index >= 15 is 0 Å². The van der Waals surface area contributed by atoms with Gasteiger partial charge in [-0.25, -0.2) is 0 Å². The zero-order chi connectivity index (χ0) is 8.04. The van der Waals surface area contributed by atoms with Crippen molar-refractivity contribution in [1.82, 2.24) is 0 Å². The molecular weight excluding hydrogens is 170 g/mol. The molecule has 0 spiro atoms. The Bertz CT molecular complexity index is 128. The van der Waals surface area contributed by atoms with Gasteiger partial charge in [-0.2, -0.15) is 0 Å². The molecule has 0 saturated heterocycles. The summed E-state index contributed by atoms with van der Waals surface area (Å²) in [6.07, 6.45) is 3.32. The standard InChI is InChI=1S/C7H17O2P.Na/c1-3-5-7-10(8,9)6-4-2;/h3-7H2,1-2H3,(H,8,9);/q;+1/p-1. The summed E-state index contributed by atoms with van der Waals surface area (Å²) in [5.41, 5.74) is 0. The monoisotopic (exact) mass is 186 g/mol. The molecule has 0 radical (unpaired) electrons. The molecule has 0 rings (SSSR count). The first-order valence-corrected chi connectivity index (χ1v) is 5.91. The molecule has 1 unspecified atom stereocenters. The maximum atomic E-state index is 11.0. The molecule has 0 aliphatic rings. The van der Waals surface area contributed by atoms with Crippen molar-refractivity contribution >= 4 is 7.37 Å². The second-order valence-electron chi connectivity index (χ2n) is 2.62. The van der Waals surface area contributed by atoms with Crippen LogP contribution in [-0.4, -0.2) is 12.3 Å². The van der Waals surface area contributed by atoms with Crippen LogP contribution in [0.3, 0.4) is 0 Å². The summed E-state index contributed by atoms with van der Waals surface area (Å²) in [6.45, 7) is 3.91. The average Bonchev–Trinajstić information content (AvgIpc) is 1.84. The van der Waals surface area contributed by atoms with Gasteiger partial charge in [0.25, 0.3) is 0 Å². The van der Waals surface area contributed by atoms with Crippen molar-refractivity contribution in [1.29, 1.82) is 0 Å². The van der Waals surface area contributed by atoms with Crippen LogP contribution in [0.4, 0.5) is 0 Å². The predicted octanol–water partition coefficient (Wildman–Crippen LogP) is -1.16. The summed E-state index contributed by atoms with van der Waals surface area (Å²) in [6, 6.07) is 0. The third kappa shape index (κ3) is 9.10. The van der Waals surface area contributed by atoms with Gasteiger partial charge in [0.2, 0.25) is 0 Å². The number of unbranched alkanes of at least 4 members (excludes halogenated alkanes) is 1. The molecule has 0 saturated carbocycles. The molecule has 0 aromatic heterocycles. The minimum atomic E-state index is -2.96. The van der Waals surface area contributed by atoms with Crippen LogP contribution in [0.5, 0.6) is 0 Å². The van der Waals surface area contributed by atoms with Crippen LogP contribution >= 0.6 is 7.37 Å². The van der Waals surface area contributed by atoms with Gasteiger partial charge in [0.15, 0.2) is 0 Å². The van der Waals surface area contributed by atoms with Crippen molar-refractivity contribution < 1.29 is 39.0 Å². The maximum Gasteiger partial charge on any atom is 1.00 e. The van der Waals surface area contributed by atoms with Gasteiger partial charge >= 0.3 is 29.6 Å².